The normalized spacial score (nSPS) is 14.8. The zero-order chi connectivity index (χ0) is 18.1. The topological polar surface area (TPSA) is 63.7 Å². The Morgan fingerprint density at radius 1 is 1.00 bits per heavy atom. The maximum atomic E-state index is 12.9. The van der Waals surface area contributed by atoms with E-state index in [0.29, 0.717) is 11.1 Å². The molecule has 2 amide bonds. The van der Waals surface area contributed by atoms with E-state index in [1.54, 1.807) is 38.1 Å². The average Bonchev–Trinajstić information content (AvgIpc) is 2.84. The van der Waals surface area contributed by atoms with Crippen LogP contribution in [0.4, 0.5) is 0 Å². The van der Waals surface area contributed by atoms with Gasteiger partial charge in [-0.2, -0.15) is 0 Å². The van der Waals surface area contributed by atoms with Crippen molar-refractivity contribution in [2.24, 2.45) is 0 Å². The molecule has 24 heavy (non-hydrogen) atoms. The third-order valence-corrected chi connectivity index (χ3v) is 17.9. The Kier molecular flexibility index (Phi) is 5.42. The minimum atomic E-state index is -2.98. The Morgan fingerprint density at radius 2 is 1.42 bits per heavy atom. The molecule has 0 fully saturated rings. The van der Waals surface area contributed by atoms with Crippen LogP contribution in [0.5, 0.6) is 0 Å². The first-order valence-electron chi connectivity index (χ1n) is 8.45. The van der Waals surface area contributed by atoms with Crippen molar-refractivity contribution in [3.05, 3.63) is 35.4 Å². The summed E-state index contributed by atoms with van der Waals surface area (Å²) in [6.45, 7) is 9.37. The van der Waals surface area contributed by atoms with Gasteiger partial charge in [-0.25, -0.2) is 0 Å². The van der Waals surface area contributed by atoms with Crippen molar-refractivity contribution >= 4 is 36.6 Å². The van der Waals surface area contributed by atoms with Gasteiger partial charge in [-0.3, -0.25) is 0 Å². The summed E-state index contributed by atoms with van der Waals surface area (Å²) in [6.07, 6.45) is 0. The van der Waals surface area contributed by atoms with Crippen LogP contribution in [0.1, 0.15) is 55.3 Å². The molecule has 0 aliphatic carbocycles. The number of nitrogens with zero attached hydrogens (tertiary/aromatic N) is 1. The molecule has 5 nitrogen and oxygen atoms in total. The molecule has 0 aromatic heterocycles. The summed E-state index contributed by atoms with van der Waals surface area (Å²) in [5.41, 5.74) is -0.617. The summed E-state index contributed by atoms with van der Waals surface area (Å²) < 4.78 is 8.67. The summed E-state index contributed by atoms with van der Waals surface area (Å²) in [6, 6.07) is 6.66. The van der Waals surface area contributed by atoms with Gasteiger partial charge in [-0.05, 0) is 0 Å². The van der Waals surface area contributed by atoms with Gasteiger partial charge in [0.05, 0.1) is 0 Å². The Morgan fingerprint density at radius 3 is 1.79 bits per heavy atom. The van der Waals surface area contributed by atoms with Crippen LogP contribution < -0.4 is 0 Å². The molecule has 1 aromatic rings. The fourth-order valence-corrected chi connectivity index (χ4v) is 10.4. The maximum absolute atomic E-state index is 12.9. The Bertz CT molecular complexity index is 636. The molecule has 1 aliphatic rings. The second-order valence-electron chi connectivity index (χ2n) is 6.68. The number of benzene rings is 1. The Hall–Kier alpha value is -1.37. The van der Waals surface area contributed by atoms with E-state index in [1.165, 1.54) is 0 Å². The van der Waals surface area contributed by atoms with E-state index in [2.05, 4.69) is 20.8 Å². The summed E-state index contributed by atoms with van der Waals surface area (Å²) >= 11 is -2.98. The first kappa shape index (κ1) is 19.0. The predicted molar refractivity (Wildman–Crippen MR) is 94.3 cm³/mol. The van der Waals surface area contributed by atoms with E-state index >= 15 is 0 Å². The number of hydrogen-bond acceptors (Lipinski definition) is 4. The van der Waals surface area contributed by atoms with Gasteiger partial charge in [0.25, 0.3) is 0 Å². The third-order valence-electron chi connectivity index (χ3n) is 5.09. The Balaban J connectivity index is 2.33. The first-order chi connectivity index (χ1) is 11.2. The quantitative estimate of drug-likeness (QED) is 0.503. The number of carbonyl (C=O) groups is 3. The van der Waals surface area contributed by atoms with E-state index in [9.17, 15) is 14.4 Å². The zero-order valence-electron chi connectivity index (χ0n) is 15.0. The van der Waals surface area contributed by atoms with Crippen LogP contribution in [-0.4, -0.2) is 47.0 Å². The summed E-state index contributed by atoms with van der Waals surface area (Å²) in [7, 11) is 0. The molecule has 2 rings (SSSR count). The third kappa shape index (κ3) is 2.98. The molecule has 1 aromatic carbocycles. The van der Waals surface area contributed by atoms with Crippen molar-refractivity contribution < 1.29 is 17.5 Å². The molecule has 0 spiro atoms. The van der Waals surface area contributed by atoms with Gasteiger partial charge < -0.3 is 0 Å². The zero-order valence-corrected chi connectivity index (χ0v) is 17.9. The standard InChI is InChI=1S/C12H11NO4.3C2H5.Sn/c1-12(2,11(16)17)13-9(14)7-5-3-4-6-8(7)10(13)15;3*1-2;/h3-6H,1-2H3,(H,16,17);3*1H2,2H3;/q;;;;+1/p-1. The van der Waals surface area contributed by atoms with Crippen LogP contribution in [0.15, 0.2) is 24.3 Å². The summed E-state index contributed by atoms with van der Waals surface area (Å²) in [5, 5.41) is 0. The van der Waals surface area contributed by atoms with E-state index in [4.69, 9.17) is 3.07 Å². The number of fused-ring (bicyclic) bond motifs is 1. The molecule has 0 unspecified atom stereocenters. The second-order valence-corrected chi connectivity index (χ2v) is 20.1. The van der Waals surface area contributed by atoms with Gasteiger partial charge >= 0.3 is 148 Å². The number of imide groups is 1. The monoisotopic (exact) mass is 439 g/mol. The molecular weight excluding hydrogens is 413 g/mol. The van der Waals surface area contributed by atoms with Crippen molar-refractivity contribution in [1.82, 2.24) is 4.90 Å². The SMILES string of the molecule is C[CH2][Sn]([CH2]C)([CH2]C)[O]C(=O)C(C)(C)N1C(=O)c2ccccc2C1=O. The molecule has 0 saturated carbocycles. The summed E-state index contributed by atoms with van der Waals surface area (Å²) in [5.74, 6) is -1.32. The van der Waals surface area contributed by atoms with Gasteiger partial charge in [-0.1, -0.05) is 0 Å². The van der Waals surface area contributed by atoms with Gasteiger partial charge in [-0.15, -0.1) is 0 Å². The van der Waals surface area contributed by atoms with E-state index in [0.717, 1.165) is 18.2 Å². The van der Waals surface area contributed by atoms with Crippen LogP contribution >= 0.6 is 0 Å². The van der Waals surface area contributed by atoms with E-state index in [-0.39, 0.29) is 0 Å². The van der Waals surface area contributed by atoms with E-state index < -0.39 is 42.1 Å². The average molecular weight is 438 g/mol. The first-order valence-corrected chi connectivity index (χ1v) is 15.7. The number of carbonyl (C=O) groups excluding carboxylic acids is 3. The molecule has 130 valence electrons. The summed E-state index contributed by atoms with van der Waals surface area (Å²) in [4.78, 5) is 39.2. The fraction of sp³-hybridized carbons (Fsp3) is 0.500. The number of amides is 2. The number of rotatable bonds is 6. The molecule has 0 saturated heterocycles. The second kappa shape index (κ2) is 6.86. The molecule has 0 atom stereocenters. The number of hydrogen-bond donors (Lipinski definition) is 0. The molecule has 0 radical (unpaired) electrons. The van der Waals surface area contributed by atoms with Crippen molar-refractivity contribution in [2.45, 2.75) is 53.5 Å². The van der Waals surface area contributed by atoms with Crippen LogP contribution in [0.2, 0.25) is 13.3 Å². The molecule has 1 heterocycles. The minimum absolute atomic E-state index is 0.347. The van der Waals surface area contributed by atoms with Crippen molar-refractivity contribution in [1.29, 1.82) is 0 Å². The van der Waals surface area contributed by atoms with Crippen LogP contribution in [0, 0.1) is 0 Å². The van der Waals surface area contributed by atoms with Gasteiger partial charge in [0, 0.05) is 0 Å². The van der Waals surface area contributed by atoms with E-state index in [1.807, 2.05) is 0 Å². The molecule has 1 aliphatic heterocycles. The van der Waals surface area contributed by atoms with Gasteiger partial charge in [0.2, 0.25) is 0 Å². The van der Waals surface area contributed by atoms with Crippen molar-refractivity contribution in [2.75, 3.05) is 0 Å². The van der Waals surface area contributed by atoms with Crippen molar-refractivity contribution in [3.63, 3.8) is 0 Å². The van der Waals surface area contributed by atoms with Gasteiger partial charge in [0.1, 0.15) is 0 Å². The van der Waals surface area contributed by atoms with Crippen LogP contribution in [0.3, 0.4) is 0 Å². The molecular formula is C18H25NO4Sn. The van der Waals surface area contributed by atoms with Crippen LogP contribution in [0.25, 0.3) is 0 Å². The predicted octanol–water partition coefficient (Wildman–Crippen LogP) is 3.61. The van der Waals surface area contributed by atoms with Crippen molar-refractivity contribution in [3.8, 4) is 0 Å². The van der Waals surface area contributed by atoms with Crippen LogP contribution in [-0.2, 0) is 7.87 Å². The molecule has 6 heteroatoms. The fourth-order valence-electron chi connectivity index (χ4n) is 3.08. The Labute approximate surface area is 147 Å². The molecule has 0 N–H and O–H groups in total. The molecule has 0 bridgehead atoms. The van der Waals surface area contributed by atoms with Gasteiger partial charge in [0.15, 0.2) is 0 Å².